The fourth-order valence-corrected chi connectivity index (χ4v) is 3.07. The maximum Gasteiger partial charge on any atom is 0.214 e. The third-order valence-electron chi connectivity index (χ3n) is 4.30. The van der Waals surface area contributed by atoms with Gasteiger partial charge in [0.2, 0.25) is 5.95 Å². The number of hydrogen-bond acceptors (Lipinski definition) is 4. The zero-order valence-corrected chi connectivity index (χ0v) is 11.8. The summed E-state index contributed by atoms with van der Waals surface area (Å²) in [5.74, 6) is 0.390. The third-order valence-corrected chi connectivity index (χ3v) is 4.30. The normalized spacial score (nSPS) is 22.1. The topological polar surface area (TPSA) is 28.6 Å². The quantitative estimate of drug-likeness (QED) is 0.789. The molecule has 110 valence electrons. The Balaban J connectivity index is 1.49. The van der Waals surface area contributed by atoms with E-state index in [1.807, 2.05) is 6.07 Å². The molecule has 0 radical (unpaired) electrons. The molecule has 0 amide bonds. The van der Waals surface area contributed by atoms with Gasteiger partial charge in [0.15, 0.2) is 0 Å². The van der Waals surface area contributed by atoms with Gasteiger partial charge in [-0.05, 0) is 24.8 Å². The van der Waals surface area contributed by atoms with Crippen LogP contribution in [0, 0.1) is 11.9 Å². The molecule has 0 aliphatic carbocycles. The van der Waals surface area contributed by atoms with Crippen molar-refractivity contribution in [2.75, 3.05) is 50.8 Å². The molecule has 1 aromatic rings. The maximum absolute atomic E-state index is 13.1. The van der Waals surface area contributed by atoms with Crippen molar-refractivity contribution in [2.45, 2.75) is 12.8 Å². The Bertz CT molecular complexity index is 429. The summed E-state index contributed by atoms with van der Waals surface area (Å²) in [7, 11) is 0. The summed E-state index contributed by atoms with van der Waals surface area (Å²) >= 11 is 0. The van der Waals surface area contributed by atoms with Crippen LogP contribution in [0.25, 0.3) is 0 Å². The van der Waals surface area contributed by atoms with Crippen LogP contribution in [0.3, 0.4) is 0 Å². The van der Waals surface area contributed by atoms with Crippen molar-refractivity contribution in [3.8, 4) is 0 Å². The Hall–Kier alpha value is -1.20. The minimum Gasteiger partial charge on any atom is -0.381 e. The van der Waals surface area contributed by atoms with Crippen LogP contribution < -0.4 is 4.90 Å². The molecule has 2 aliphatic rings. The van der Waals surface area contributed by atoms with Crippen molar-refractivity contribution in [3.05, 3.63) is 24.3 Å². The highest BCUT2D eigenvalue weighted by Crippen LogP contribution is 2.19. The van der Waals surface area contributed by atoms with E-state index in [1.54, 1.807) is 6.20 Å². The van der Waals surface area contributed by atoms with E-state index in [1.165, 1.54) is 25.5 Å². The monoisotopic (exact) mass is 279 g/mol. The van der Waals surface area contributed by atoms with Crippen LogP contribution in [0.4, 0.5) is 10.1 Å². The van der Waals surface area contributed by atoms with Crippen LogP contribution in [-0.4, -0.2) is 55.8 Å². The molecule has 0 spiro atoms. The second-order valence-corrected chi connectivity index (χ2v) is 5.68. The van der Waals surface area contributed by atoms with Gasteiger partial charge in [0.05, 0.1) is 0 Å². The van der Waals surface area contributed by atoms with Crippen LogP contribution in [-0.2, 0) is 4.74 Å². The Morgan fingerprint density at radius 2 is 1.95 bits per heavy atom. The summed E-state index contributed by atoms with van der Waals surface area (Å²) in [6, 6.07) is 3.41. The predicted molar refractivity (Wildman–Crippen MR) is 76.4 cm³/mol. The van der Waals surface area contributed by atoms with E-state index in [4.69, 9.17) is 4.74 Å². The van der Waals surface area contributed by atoms with Crippen LogP contribution >= 0.6 is 0 Å². The number of pyridine rings is 1. The van der Waals surface area contributed by atoms with Gasteiger partial charge in [-0.25, -0.2) is 4.98 Å². The van der Waals surface area contributed by atoms with E-state index in [0.717, 1.165) is 51.0 Å². The van der Waals surface area contributed by atoms with Crippen LogP contribution in [0.2, 0.25) is 0 Å². The largest absolute Gasteiger partial charge is 0.381 e. The summed E-state index contributed by atoms with van der Waals surface area (Å²) < 4.78 is 18.6. The molecule has 20 heavy (non-hydrogen) atoms. The molecule has 2 fully saturated rings. The third kappa shape index (κ3) is 3.46. The summed E-state index contributed by atoms with van der Waals surface area (Å²) in [4.78, 5) is 8.38. The Morgan fingerprint density at radius 3 is 2.65 bits per heavy atom. The minimum absolute atomic E-state index is 0.396. The van der Waals surface area contributed by atoms with E-state index in [0.29, 0.717) is 0 Å². The summed E-state index contributed by atoms with van der Waals surface area (Å²) in [5.41, 5.74) is 0.947. The lowest BCUT2D eigenvalue weighted by molar-refractivity contribution is 0.0517. The maximum atomic E-state index is 13.1. The molecule has 0 saturated carbocycles. The molecule has 1 aromatic heterocycles. The lowest BCUT2D eigenvalue weighted by Crippen LogP contribution is -2.48. The number of ether oxygens (including phenoxy) is 1. The molecule has 0 unspecified atom stereocenters. The molecule has 3 heterocycles. The van der Waals surface area contributed by atoms with Gasteiger partial charge in [-0.3, -0.25) is 4.90 Å². The molecule has 4 nitrogen and oxygen atoms in total. The smallest absolute Gasteiger partial charge is 0.214 e. The molecule has 3 rings (SSSR count). The molecular formula is C15H22FN3O. The summed E-state index contributed by atoms with van der Waals surface area (Å²) in [6.07, 6.45) is 3.92. The number of hydrogen-bond donors (Lipinski definition) is 0. The zero-order valence-electron chi connectivity index (χ0n) is 11.8. The molecule has 2 aliphatic heterocycles. The molecular weight excluding hydrogens is 257 g/mol. The van der Waals surface area contributed by atoms with Crippen molar-refractivity contribution in [2.24, 2.45) is 5.92 Å². The first-order chi connectivity index (χ1) is 9.81. The van der Waals surface area contributed by atoms with Crippen LogP contribution in [0.15, 0.2) is 18.3 Å². The average Bonchev–Trinajstić information content (AvgIpc) is 2.49. The van der Waals surface area contributed by atoms with Crippen molar-refractivity contribution in [3.63, 3.8) is 0 Å². The highest BCUT2D eigenvalue weighted by atomic mass is 19.1. The average molecular weight is 279 g/mol. The summed E-state index contributed by atoms with van der Waals surface area (Å²) in [5, 5.41) is 0. The second-order valence-electron chi connectivity index (χ2n) is 5.68. The van der Waals surface area contributed by atoms with Gasteiger partial charge in [0, 0.05) is 63.9 Å². The van der Waals surface area contributed by atoms with E-state index in [-0.39, 0.29) is 0 Å². The standard InChI is InChI=1S/C15H22FN3O/c16-15-11-14(1-4-17-15)19-7-5-18(6-8-19)12-13-2-9-20-10-3-13/h1,4,11,13H,2-3,5-10,12H2. The predicted octanol–water partition coefficient (Wildman–Crippen LogP) is 1.77. The van der Waals surface area contributed by atoms with Gasteiger partial charge < -0.3 is 9.64 Å². The molecule has 0 N–H and O–H groups in total. The van der Waals surface area contributed by atoms with Crippen LogP contribution in [0.5, 0.6) is 0 Å². The SMILES string of the molecule is Fc1cc(N2CCN(CC3CCOCC3)CC2)ccn1. The first kappa shape index (κ1) is 13.8. The number of anilines is 1. The number of piperazine rings is 1. The Morgan fingerprint density at radius 1 is 1.20 bits per heavy atom. The van der Waals surface area contributed by atoms with E-state index in [2.05, 4.69) is 14.8 Å². The fourth-order valence-electron chi connectivity index (χ4n) is 3.07. The molecule has 0 bridgehead atoms. The molecule has 0 atom stereocenters. The minimum atomic E-state index is -0.396. The molecule has 5 heteroatoms. The van der Waals surface area contributed by atoms with Crippen molar-refractivity contribution in [1.29, 1.82) is 0 Å². The lowest BCUT2D eigenvalue weighted by atomic mass is 9.99. The van der Waals surface area contributed by atoms with Crippen molar-refractivity contribution in [1.82, 2.24) is 9.88 Å². The van der Waals surface area contributed by atoms with Gasteiger partial charge in [-0.2, -0.15) is 4.39 Å². The van der Waals surface area contributed by atoms with E-state index < -0.39 is 5.95 Å². The van der Waals surface area contributed by atoms with Gasteiger partial charge in [0.25, 0.3) is 0 Å². The number of halogens is 1. The highest BCUT2D eigenvalue weighted by Gasteiger charge is 2.22. The van der Waals surface area contributed by atoms with E-state index >= 15 is 0 Å². The van der Waals surface area contributed by atoms with Gasteiger partial charge in [-0.1, -0.05) is 0 Å². The zero-order chi connectivity index (χ0) is 13.8. The first-order valence-electron chi connectivity index (χ1n) is 7.48. The van der Waals surface area contributed by atoms with E-state index in [9.17, 15) is 4.39 Å². The number of rotatable bonds is 3. The molecule has 0 aromatic carbocycles. The summed E-state index contributed by atoms with van der Waals surface area (Å²) in [6.45, 7) is 7.06. The first-order valence-corrected chi connectivity index (χ1v) is 7.48. The second kappa shape index (κ2) is 6.50. The lowest BCUT2D eigenvalue weighted by Gasteiger charge is -2.38. The van der Waals surface area contributed by atoms with Crippen molar-refractivity contribution < 1.29 is 9.13 Å². The highest BCUT2D eigenvalue weighted by molar-refractivity contribution is 5.45. The van der Waals surface area contributed by atoms with Gasteiger partial charge in [-0.15, -0.1) is 0 Å². The number of aromatic nitrogens is 1. The molecule has 2 saturated heterocycles. The number of nitrogens with zero attached hydrogens (tertiary/aromatic N) is 3. The van der Waals surface area contributed by atoms with Gasteiger partial charge >= 0.3 is 0 Å². The van der Waals surface area contributed by atoms with Gasteiger partial charge in [0.1, 0.15) is 0 Å². The van der Waals surface area contributed by atoms with Crippen LogP contribution in [0.1, 0.15) is 12.8 Å². The Labute approximate surface area is 119 Å². The Kier molecular flexibility index (Phi) is 4.47. The van der Waals surface area contributed by atoms with Crippen molar-refractivity contribution >= 4 is 5.69 Å². The fraction of sp³-hybridized carbons (Fsp3) is 0.667.